The third kappa shape index (κ3) is 7.17. The van der Waals surface area contributed by atoms with Crippen molar-refractivity contribution in [3.63, 3.8) is 0 Å². The first kappa shape index (κ1) is 23.4. The first-order valence-electron chi connectivity index (χ1n) is 10.9. The largest absolute Gasteiger partial charge is 0.481 e. The molecule has 0 saturated carbocycles. The van der Waals surface area contributed by atoms with Crippen molar-refractivity contribution in [3.8, 4) is 0 Å². The van der Waals surface area contributed by atoms with Crippen LogP contribution in [0.3, 0.4) is 0 Å². The number of carboxylic acids is 1. The maximum absolute atomic E-state index is 13.9. The summed E-state index contributed by atoms with van der Waals surface area (Å²) in [6.45, 7) is 5.30. The molecule has 0 radical (unpaired) electrons. The summed E-state index contributed by atoms with van der Waals surface area (Å²) in [4.78, 5) is 10.6. The van der Waals surface area contributed by atoms with Gasteiger partial charge in [-0.1, -0.05) is 66.7 Å². The van der Waals surface area contributed by atoms with Gasteiger partial charge in [-0.05, 0) is 65.8 Å². The number of allylic oxidation sites excluding steroid dienone is 1. The van der Waals surface area contributed by atoms with Crippen LogP contribution in [0, 0.1) is 19.7 Å². The Balaban J connectivity index is 1.72. The highest BCUT2D eigenvalue weighted by atomic mass is 19.1. The molecule has 0 aliphatic heterocycles. The number of halogens is 1. The van der Waals surface area contributed by atoms with Gasteiger partial charge in [-0.3, -0.25) is 4.79 Å². The van der Waals surface area contributed by atoms with Gasteiger partial charge >= 0.3 is 5.97 Å². The molecule has 0 amide bonds. The van der Waals surface area contributed by atoms with Crippen molar-refractivity contribution in [2.24, 2.45) is 0 Å². The molecule has 4 heteroatoms. The number of hydrogen-bond acceptors (Lipinski definition) is 2. The minimum absolute atomic E-state index is 0.0603. The van der Waals surface area contributed by atoms with Crippen molar-refractivity contribution >= 4 is 12.0 Å². The van der Waals surface area contributed by atoms with Gasteiger partial charge in [-0.2, -0.15) is 0 Å². The number of aryl methyl sites for hydroxylation is 2. The normalized spacial score (nSPS) is 12.2. The topological polar surface area (TPSA) is 49.3 Å². The standard InChI is InChI=1S/C28H30FNO2/c1-20-6-7-24(16-21(20)2)17-26(25-4-3-5-27(29)18-25)13-12-22-8-10-23(11-9-22)19-30-15-14-28(31)32/h3-13,16,18,26,30H,14-15,17,19H2,1-2H3,(H,31,32)/b13-12+. The highest BCUT2D eigenvalue weighted by Crippen LogP contribution is 2.25. The molecule has 0 aliphatic carbocycles. The molecule has 2 N–H and O–H groups in total. The Kier molecular flexibility index (Phi) is 8.34. The van der Waals surface area contributed by atoms with Crippen LogP contribution >= 0.6 is 0 Å². The Hall–Kier alpha value is -3.24. The number of rotatable bonds is 10. The van der Waals surface area contributed by atoms with E-state index in [2.05, 4.69) is 49.5 Å². The summed E-state index contributed by atoms with van der Waals surface area (Å²) in [6.07, 6.45) is 5.14. The van der Waals surface area contributed by atoms with Gasteiger partial charge in [-0.15, -0.1) is 0 Å². The van der Waals surface area contributed by atoms with Crippen molar-refractivity contribution < 1.29 is 14.3 Å². The van der Waals surface area contributed by atoms with Crippen LogP contribution in [0.1, 0.15) is 45.7 Å². The molecule has 3 rings (SSSR count). The molecule has 3 aromatic carbocycles. The highest BCUT2D eigenvalue weighted by Gasteiger charge is 2.11. The Bertz CT molecular complexity index is 1070. The maximum Gasteiger partial charge on any atom is 0.304 e. The molecular weight excluding hydrogens is 401 g/mol. The predicted octanol–water partition coefficient (Wildman–Crippen LogP) is 6.05. The smallest absolute Gasteiger partial charge is 0.304 e. The van der Waals surface area contributed by atoms with Crippen LogP contribution in [-0.4, -0.2) is 17.6 Å². The van der Waals surface area contributed by atoms with Gasteiger partial charge in [0.15, 0.2) is 0 Å². The lowest BCUT2D eigenvalue weighted by molar-refractivity contribution is -0.136. The predicted molar refractivity (Wildman–Crippen MR) is 128 cm³/mol. The van der Waals surface area contributed by atoms with E-state index in [1.807, 2.05) is 30.3 Å². The van der Waals surface area contributed by atoms with Crippen LogP contribution in [0.4, 0.5) is 4.39 Å². The molecule has 0 heterocycles. The lowest BCUT2D eigenvalue weighted by Crippen LogP contribution is -2.17. The second-order valence-corrected chi connectivity index (χ2v) is 8.21. The average molecular weight is 432 g/mol. The Morgan fingerprint density at radius 1 is 1.00 bits per heavy atom. The lowest BCUT2D eigenvalue weighted by Gasteiger charge is -2.15. The molecule has 0 fully saturated rings. The molecule has 0 bridgehead atoms. The van der Waals surface area contributed by atoms with Crippen LogP contribution < -0.4 is 5.32 Å². The monoisotopic (exact) mass is 431 g/mol. The van der Waals surface area contributed by atoms with Crippen molar-refractivity contribution in [3.05, 3.63) is 112 Å². The van der Waals surface area contributed by atoms with Crippen molar-refractivity contribution in [1.29, 1.82) is 0 Å². The highest BCUT2D eigenvalue weighted by molar-refractivity contribution is 5.66. The maximum atomic E-state index is 13.9. The number of carboxylic acid groups (broad SMARTS) is 1. The molecule has 1 unspecified atom stereocenters. The Labute approximate surface area is 189 Å². The fraction of sp³-hybridized carbons (Fsp3) is 0.250. The third-order valence-corrected chi connectivity index (χ3v) is 5.65. The summed E-state index contributed by atoms with van der Waals surface area (Å²) in [5, 5.41) is 11.8. The third-order valence-electron chi connectivity index (χ3n) is 5.65. The molecule has 32 heavy (non-hydrogen) atoms. The van der Waals surface area contributed by atoms with E-state index in [4.69, 9.17) is 5.11 Å². The lowest BCUT2D eigenvalue weighted by atomic mass is 9.90. The van der Waals surface area contributed by atoms with Gasteiger partial charge in [0.25, 0.3) is 0 Å². The minimum atomic E-state index is -0.799. The fourth-order valence-electron chi connectivity index (χ4n) is 3.62. The molecule has 0 aliphatic rings. The number of carbonyl (C=O) groups is 1. The molecule has 0 spiro atoms. The molecule has 0 saturated heterocycles. The van der Waals surface area contributed by atoms with Crippen LogP contribution in [0.15, 0.2) is 72.8 Å². The molecule has 1 atom stereocenters. The molecular formula is C28H30FNO2. The second kappa shape index (κ2) is 11.4. The number of hydrogen-bond donors (Lipinski definition) is 2. The van der Waals surface area contributed by atoms with Crippen LogP contribution in [-0.2, 0) is 17.8 Å². The van der Waals surface area contributed by atoms with Gasteiger partial charge in [-0.25, -0.2) is 4.39 Å². The van der Waals surface area contributed by atoms with E-state index in [1.165, 1.54) is 22.8 Å². The zero-order valence-corrected chi connectivity index (χ0v) is 18.6. The van der Waals surface area contributed by atoms with Crippen molar-refractivity contribution in [1.82, 2.24) is 5.32 Å². The van der Waals surface area contributed by atoms with Gasteiger partial charge in [0, 0.05) is 19.0 Å². The van der Waals surface area contributed by atoms with Crippen LogP contribution in [0.25, 0.3) is 6.08 Å². The van der Waals surface area contributed by atoms with Gasteiger partial charge < -0.3 is 10.4 Å². The Morgan fingerprint density at radius 2 is 1.75 bits per heavy atom. The molecule has 3 nitrogen and oxygen atoms in total. The van der Waals surface area contributed by atoms with Crippen molar-refractivity contribution in [2.45, 2.75) is 39.2 Å². The average Bonchev–Trinajstić information content (AvgIpc) is 2.77. The molecule has 166 valence electrons. The molecule has 0 aromatic heterocycles. The van der Waals surface area contributed by atoms with Crippen LogP contribution in [0.5, 0.6) is 0 Å². The number of aliphatic carboxylic acids is 1. The van der Waals surface area contributed by atoms with E-state index >= 15 is 0 Å². The van der Waals surface area contributed by atoms with Gasteiger partial charge in [0.2, 0.25) is 0 Å². The zero-order valence-electron chi connectivity index (χ0n) is 18.6. The first-order chi connectivity index (χ1) is 15.4. The van der Waals surface area contributed by atoms with E-state index in [0.29, 0.717) is 13.1 Å². The summed E-state index contributed by atoms with van der Waals surface area (Å²) in [5.41, 5.74) is 6.89. The summed E-state index contributed by atoms with van der Waals surface area (Å²) >= 11 is 0. The first-order valence-corrected chi connectivity index (χ1v) is 10.9. The summed E-state index contributed by atoms with van der Waals surface area (Å²) < 4.78 is 13.9. The number of nitrogens with one attached hydrogen (secondary N) is 1. The molecule has 3 aromatic rings. The summed E-state index contributed by atoms with van der Waals surface area (Å²) in [6, 6.07) is 21.5. The van der Waals surface area contributed by atoms with Gasteiger partial charge in [0.1, 0.15) is 5.82 Å². The number of benzene rings is 3. The summed E-state index contributed by atoms with van der Waals surface area (Å²) in [7, 11) is 0. The fourth-order valence-corrected chi connectivity index (χ4v) is 3.62. The van der Waals surface area contributed by atoms with Crippen LogP contribution in [0.2, 0.25) is 0 Å². The second-order valence-electron chi connectivity index (χ2n) is 8.21. The Morgan fingerprint density at radius 3 is 2.44 bits per heavy atom. The van der Waals surface area contributed by atoms with Gasteiger partial charge in [0.05, 0.1) is 6.42 Å². The van der Waals surface area contributed by atoms with E-state index in [9.17, 15) is 9.18 Å². The van der Waals surface area contributed by atoms with E-state index in [-0.39, 0.29) is 18.2 Å². The quantitative estimate of drug-likeness (QED) is 0.384. The van der Waals surface area contributed by atoms with E-state index < -0.39 is 5.97 Å². The van der Waals surface area contributed by atoms with E-state index in [0.717, 1.165) is 23.1 Å². The SMILES string of the molecule is Cc1ccc(CC(/C=C/c2ccc(CNCCC(=O)O)cc2)c2cccc(F)c2)cc1C. The summed E-state index contributed by atoms with van der Waals surface area (Å²) in [5.74, 6) is -0.961. The minimum Gasteiger partial charge on any atom is -0.481 e. The van der Waals surface area contributed by atoms with E-state index in [1.54, 1.807) is 12.1 Å². The zero-order chi connectivity index (χ0) is 22.9. The van der Waals surface area contributed by atoms with Crippen molar-refractivity contribution in [2.75, 3.05) is 6.54 Å².